The summed E-state index contributed by atoms with van der Waals surface area (Å²) in [5.74, 6) is 1.76. The summed E-state index contributed by atoms with van der Waals surface area (Å²) in [6, 6.07) is 0. The van der Waals surface area contributed by atoms with Gasteiger partial charge in [-0.05, 0) is 31.6 Å². The van der Waals surface area contributed by atoms with Gasteiger partial charge in [0.05, 0.1) is 13.3 Å². The molecule has 0 bridgehead atoms. The summed E-state index contributed by atoms with van der Waals surface area (Å²) < 4.78 is 7.17. The number of aliphatic hydroxyl groups excluding tert-OH is 1. The molecule has 0 aliphatic heterocycles. The van der Waals surface area contributed by atoms with Crippen molar-refractivity contribution in [3.63, 3.8) is 0 Å². The molecule has 0 aromatic carbocycles. The van der Waals surface area contributed by atoms with E-state index in [2.05, 4.69) is 12.0 Å². The smallest absolute Gasteiger partial charge is 0.162 e. The molecule has 1 aromatic rings. The van der Waals surface area contributed by atoms with Gasteiger partial charge in [-0.3, -0.25) is 4.68 Å². The lowest BCUT2D eigenvalue weighted by Gasteiger charge is -2.30. The number of methoxy groups -OCH3 is 1. The number of ether oxygens (including phenoxy) is 1. The van der Waals surface area contributed by atoms with Crippen LogP contribution in [0.2, 0.25) is 0 Å². The van der Waals surface area contributed by atoms with E-state index in [4.69, 9.17) is 4.74 Å². The molecule has 0 amide bonds. The summed E-state index contributed by atoms with van der Waals surface area (Å²) in [6.07, 6.45) is 5.95. The first-order chi connectivity index (χ1) is 8.67. The Morgan fingerprint density at radius 3 is 2.94 bits per heavy atom. The Balaban J connectivity index is 2.21. The van der Waals surface area contributed by atoms with Gasteiger partial charge in [0.2, 0.25) is 0 Å². The van der Waals surface area contributed by atoms with E-state index in [1.807, 2.05) is 11.6 Å². The SMILES string of the molecule is CCn1ncc(OC)c1C(O)C1CCCC(C)C1. The molecule has 0 spiro atoms. The maximum Gasteiger partial charge on any atom is 0.162 e. The van der Waals surface area contributed by atoms with Gasteiger partial charge in [0, 0.05) is 6.54 Å². The highest BCUT2D eigenvalue weighted by Crippen LogP contribution is 2.39. The highest BCUT2D eigenvalue weighted by Gasteiger charge is 2.30. The predicted molar refractivity (Wildman–Crippen MR) is 70.5 cm³/mol. The Bertz CT molecular complexity index is 368. The first-order valence-corrected chi connectivity index (χ1v) is 6.95. The van der Waals surface area contributed by atoms with Gasteiger partial charge in [-0.25, -0.2) is 0 Å². The van der Waals surface area contributed by atoms with Crippen molar-refractivity contribution in [2.45, 2.75) is 52.2 Å². The van der Waals surface area contributed by atoms with Gasteiger partial charge < -0.3 is 9.84 Å². The third-order valence-electron chi connectivity index (χ3n) is 4.07. The number of nitrogens with zero attached hydrogens (tertiary/aromatic N) is 2. The Kier molecular flexibility index (Phi) is 4.27. The Hall–Kier alpha value is -1.03. The molecule has 1 aromatic heterocycles. The van der Waals surface area contributed by atoms with E-state index >= 15 is 0 Å². The molecule has 1 fully saturated rings. The van der Waals surface area contributed by atoms with Crippen molar-refractivity contribution in [1.29, 1.82) is 0 Å². The molecule has 1 aliphatic carbocycles. The van der Waals surface area contributed by atoms with Crippen LogP contribution in [0.5, 0.6) is 5.75 Å². The Morgan fingerprint density at radius 1 is 1.56 bits per heavy atom. The molecule has 1 saturated carbocycles. The van der Waals surface area contributed by atoms with Crippen molar-refractivity contribution in [2.75, 3.05) is 7.11 Å². The highest BCUT2D eigenvalue weighted by molar-refractivity contribution is 5.27. The molecule has 1 aliphatic rings. The fraction of sp³-hybridized carbons (Fsp3) is 0.786. The van der Waals surface area contributed by atoms with Gasteiger partial charge >= 0.3 is 0 Å². The van der Waals surface area contributed by atoms with Gasteiger partial charge in [-0.2, -0.15) is 5.10 Å². The normalized spacial score (nSPS) is 26.0. The minimum absolute atomic E-state index is 0.338. The van der Waals surface area contributed by atoms with Crippen molar-refractivity contribution < 1.29 is 9.84 Å². The van der Waals surface area contributed by atoms with Crippen LogP contribution in [0.1, 0.15) is 51.3 Å². The van der Waals surface area contributed by atoms with Crippen LogP contribution in [-0.2, 0) is 6.54 Å². The van der Waals surface area contributed by atoms with Gasteiger partial charge in [-0.15, -0.1) is 0 Å². The van der Waals surface area contributed by atoms with Crippen LogP contribution < -0.4 is 4.74 Å². The van der Waals surface area contributed by atoms with Crippen LogP contribution in [-0.4, -0.2) is 22.0 Å². The van der Waals surface area contributed by atoms with Gasteiger partial charge in [0.15, 0.2) is 5.75 Å². The minimum atomic E-state index is -0.454. The second-order valence-electron chi connectivity index (χ2n) is 5.39. The lowest BCUT2D eigenvalue weighted by atomic mass is 9.79. The average Bonchev–Trinajstić information content (AvgIpc) is 2.80. The molecule has 18 heavy (non-hydrogen) atoms. The molecule has 4 heteroatoms. The van der Waals surface area contributed by atoms with Crippen LogP contribution >= 0.6 is 0 Å². The first-order valence-electron chi connectivity index (χ1n) is 6.95. The molecular weight excluding hydrogens is 228 g/mol. The third kappa shape index (κ3) is 2.53. The molecule has 3 unspecified atom stereocenters. The number of aryl methyl sites for hydroxylation is 1. The molecule has 2 rings (SSSR count). The van der Waals surface area contributed by atoms with E-state index < -0.39 is 6.10 Å². The zero-order valence-corrected chi connectivity index (χ0v) is 11.6. The molecule has 3 atom stereocenters. The zero-order valence-electron chi connectivity index (χ0n) is 11.6. The number of hydrogen-bond acceptors (Lipinski definition) is 3. The van der Waals surface area contributed by atoms with E-state index in [1.165, 1.54) is 12.8 Å². The zero-order chi connectivity index (χ0) is 13.1. The monoisotopic (exact) mass is 252 g/mol. The summed E-state index contributed by atoms with van der Waals surface area (Å²) in [5, 5.41) is 14.9. The van der Waals surface area contributed by atoms with E-state index in [9.17, 15) is 5.11 Å². The van der Waals surface area contributed by atoms with E-state index in [-0.39, 0.29) is 0 Å². The topological polar surface area (TPSA) is 47.3 Å². The van der Waals surface area contributed by atoms with Crippen LogP contribution in [0, 0.1) is 11.8 Å². The second kappa shape index (κ2) is 5.74. The molecule has 4 nitrogen and oxygen atoms in total. The van der Waals surface area contributed by atoms with E-state index in [0.29, 0.717) is 17.6 Å². The molecular formula is C14H24N2O2. The van der Waals surface area contributed by atoms with Crippen molar-refractivity contribution in [3.8, 4) is 5.75 Å². The maximum absolute atomic E-state index is 10.6. The molecule has 0 radical (unpaired) electrons. The number of hydrogen-bond donors (Lipinski definition) is 1. The van der Waals surface area contributed by atoms with Gasteiger partial charge in [-0.1, -0.05) is 19.8 Å². The quantitative estimate of drug-likeness (QED) is 0.896. The van der Waals surface area contributed by atoms with Crippen LogP contribution in [0.25, 0.3) is 0 Å². The summed E-state index contributed by atoms with van der Waals surface area (Å²) >= 11 is 0. The third-order valence-corrected chi connectivity index (χ3v) is 4.07. The van der Waals surface area contributed by atoms with Crippen molar-refractivity contribution in [2.24, 2.45) is 11.8 Å². The number of rotatable bonds is 4. The maximum atomic E-state index is 10.6. The largest absolute Gasteiger partial charge is 0.493 e. The summed E-state index contributed by atoms with van der Waals surface area (Å²) in [5.41, 5.74) is 0.846. The fourth-order valence-corrected chi connectivity index (χ4v) is 3.08. The van der Waals surface area contributed by atoms with Gasteiger partial charge in [0.1, 0.15) is 11.8 Å². The first kappa shape index (κ1) is 13.4. The molecule has 1 heterocycles. The molecule has 102 valence electrons. The molecule has 1 N–H and O–H groups in total. The summed E-state index contributed by atoms with van der Waals surface area (Å²) in [4.78, 5) is 0. The second-order valence-corrected chi connectivity index (χ2v) is 5.39. The van der Waals surface area contributed by atoms with Crippen molar-refractivity contribution >= 4 is 0 Å². The summed E-state index contributed by atoms with van der Waals surface area (Å²) in [7, 11) is 1.64. The highest BCUT2D eigenvalue weighted by atomic mass is 16.5. The van der Waals surface area contributed by atoms with Crippen LogP contribution in [0.4, 0.5) is 0 Å². The fourth-order valence-electron chi connectivity index (χ4n) is 3.08. The predicted octanol–water partition coefficient (Wildman–Crippen LogP) is 2.77. The van der Waals surface area contributed by atoms with Crippen LogP contribution in [0.15, 0.2) is 6.20 Å². The van der Waals surface area contributed by atoms with E-state index in [0.717, 1.165) is 25.1 Å². The van der Waals surface area contributed by atoms with Crippen LogP contribution in [0.3, 0.4) is 0 Å². The number of aliphatic hydroxyl groups is 1. The standard InChI is InChI=1S/C14H24N2O2/c1-4-16-13(12(18-3)9-15-16)14(17)11-7-5-6-10(2)8-11/h9-11,14,17H,4-8H2,1-3H3. The van der Waals surface area contributed by atoms with Crippen molar-refractivity contribution in [1.82, 2.24) is 9.78 Å². The van der Waals surface area contributed by atoms with Crippen molar-refractivity contribution in [3.05, 3.63) is 11.9 Å². The lowest BCUT2D eigenvalue weighted by molar-refractivity contribution is 0.0621. The van der Waals surface area contributed by atoms with Gasteiger partial charge in [0.25, 0.3) is 0 Å². The summed E-state index contributed by atoms with van der Waals surface area (Å²) in [6.45, 7) is 5.07. The average molecular weight is 252 g/mol. The lowest BCUT2D eigenvalue weighted by Crippen LogP contribution is -2.22. The minimum Gasteiger partial charge on any atom is -0.493 e. The number of aromatic nitrogens is 2. The Morgan fingerprint density at radius 2 is 2.33 bits per heavy atom. The van der Waals surface area contributed by atoms with E-state index in [1.54, 1.807) is 13.3 Å². The molecule has 0 saturated heterocycles. The Labute approximate surface area is 109 Å².